The van der Waals surface area contributed by atoms with Gasteiger partial charge in [-0.05, 0) is 50.5 Å². The summed E-state index contributed by atoms with van der Waals surface area (Å²) in [4.78, 5) is 28.7. The van der Waals surface area contributed by atoms with Crippen molar-refractivity contribution in [1.82, 2.24) is 4.98 Å². The molecule has 0 spiro atoms. The van der Waals surface area contributed by atoms with Crippen LogP contribution in [-0.4, -0.2) is 35.7 Å². The number of amides is 1. The van der Waals surface area contributed by atoms with Gasteiger partial charge in [0.15, 0.2) is 5.13 Å². The number of para-hydroxylation sites is 1. The normalized spacial score (nSPS) is 12.5. The third-order valence-electron chi connectivity index (χ3n) is 5.69. The number of carboxylic acid groups (broad SMARTS) is 1. The van der Waals surface area contributed by atoms with E-state index in [0.717, 1.165) is 17.5 Å². The first-order valence-electron chi connectivity index (χ1n) is 12.0. The summed E-state index contributed by atoms with van der Waals surface area (Å²) in [5.74, 6) is -0.411. The molecule has 38 heavy (non-hydrogen) atoms. The fourth-order valence-corrected chi connectivity index (χ4v) is 5.21. The molecule has 2 N–H and O–H groups in total. The Kier molecular flexibility index (Phi) is 10.3. The number of aliphatic carboxylic acids is 1. The molecule has 1 aromatic heterocycles. The van der Waals surface area contributed by atoms with Crippen LogP contribution < -0.4 is 10.1 Å². The Balaban J connectivity index is 1.87. The van der Waals surface area contributed by atoms with Crippen LogP contribution in [-0.2, 0) is 9.53 Å². The second-order valence-corrected chi connectivity index (χ2v) is 10.7. The van der Waals surface area contributed by atoms with Crippen LogP contribution in [0, 0.1) is 5.92 Å². The van der Waals surface area contributed by atoms with Crippen LogP contribution in [0.1, 0.15) is 61.7 Å². The fourth-order valence-electron chi connectivity index (χ4n) is 3.91. The summed E-state index contributed by atoms with van der Waals surface area (Å²) in [5.41, 5.74) is 3.02. The van der Waals surface area contributed by atoms with Crippen molar-refractivity contribution in [3.63, 3.8) is 0 Å². The number of aromatic nitrogens is 1. The lowest BCUT2D eigenvalue weighted by molar-refractivity contribution is -0.132. The van der Waals surface area contributed by atoms with Crippen molar-refractivity contribution in [3.8, 4) is 17.0 Å². The number of methoxy groups -OCH3 is 1. The Bertz CT molecular complexity index is 1330. The van der Waals surface area contributed by atoms with E-state index in [2.05, 4.69) is 24.1 Å². The zero-order chi connectivity index (χ0) is 28.0. The molecule has 1 atom stereocenters. The predicted molar refractivity (Wildman–Crippen MR) is 154 cm³/mol. The summed E-state index contributed by atoms with van der Waals surface area (Å²) in [6.07, 6.45) is 2.10. The molecule has 10 heteroatoms. The molecule has 0 bridgehead atoms. The molecular weight excluding hydrogens is 547 g/mol. The number of hydrogen-bond donors (Lipinski definition) is 2. The first kappa shape index (κ1) is 29.6. The number of halogens is 2. The Hall–Kier alpha value is -2.91. The van der Waals surface area contributed by atoms with Crippen LogP contribution in [0.4, 0.5) is 5.13 Å². The molecule has 0 radical (unpaired) electrons. The molecule has 0 aliphatic heterocycles. The maximum atomic E-state index is 12.9. The van der Waals surface area contributed by atoms with Crippen LogP contribution in [0.3, 0.4) is 0 Å². The van der Waals surface area contributed by atoms with Crippen LogP contribution in [0.25, 0.3) is 17.3 Å². The SMILES string of the molecule is CCO[C@H](CC(C)C)c1cccc(-c2csc(NC(=O)c3cc(Cl)c(C=C(C)C(=O)O)c(Cl)c3)n2)c1OC. The molecule has 0 unspecified atom stereocenters. The van der Waals surface area contributed by atoms with E-state index in [0.29, 0.717) is 34.7 Å². The Morgan fingerprint density at radius 3 is 2.47 bits per heavy atom. The summed E-state index contributed by atoms with van der Waals surface area (Å²) in [6, 6.07) is 8.75. The standard InChI is InChI=1S/C28H30Cl2N2O5S/c1-6-37-24(10-15(2)3)19-9-7-8-18(25(19)36-5)23-14-38-28(31-23)32-26(33)17-12-21(29)20(22(30)13-17)11-16(4)27(34)35/h7-9,11-15,24H,6,10H2,1-5H3,(H,34,35)(H,31,32,33)/t24-/m1/s1. The highest BCUT2D eigenvalue weighted by Crippen LogP contribution is 2.40. The Morgan fingerprint density at radius 2 is 1.89 bits per heavy atom. The average molecular weight is 578 g/mol. The van der Waals surface area contributed by atoms with Crippen molar-refractivity contribution in [1.29, 1.82) is 0 Å². The van der Waals surface area contributed by atoms with E-state index in [1.165, 1.54) is 36.5 Å². The van der Waals surface area contributed by atoms with Gasteiger partial charge < -0.3 is 14.6 Å². The van der Waals surface area contributed by atoms with E-state index < -0.39 is 11.9 Å². The summed E-state index contributed by atoms with van der Waals surface area (Å²) >= 11 is 13.9. The average Bonchev–Trinajstić information content (AvgIpc) is 3.33. The number of rotatable bonds is 11. The minimum Gasteiger partial charge on any atom is -0.496 e. The molecule has 1 heterocycles. The lowest BCUT2D eigenvalue weighted by Gasteiger charge is -2.23. The minimum absolute atomic E-state index is 0.0672. The summed E-state index contributed by atoms with van der Waals surface area (Å²) < 4.78 is 11.8. The topological polar surface area (TPSA) is 97.8 Å². The number of carbonyl (C=O) groups is 2. The molecule has 0 saturated heterocycles. The molecular formula is C28H30Cl2N2O5S. The van der Waals surface area contributed by atoms with Crippen LogP contribution in [0.2, 0.25) is 10.0 Å². The van der Waals surface area contributed by atoms with Gasteiger partial charge in [-0.15, -0.1) is 11.3 Å². The van der Waals surface area contributed by atoms with Gasteiger partial charge in [0.2, 0.25) is 0 Å². The zero-order valence-corrected chi connectivity index (χ0v) is 24.1. The molecule has 0 saturated carbocycles. The van der Waals surface area contributed by atoms with Gasteiger partial charge in [0.25, 0.3) is 5.91 Å². The molecule has 1 amide bonds. The number of thiazole rings is 1. The van der Waals surface area contributed by atoms with E-state index in [1.54, 1.807) is 7.11 Å². The van der Waals surface area contributed by atoms with Crippen molar-refractivity contribution in [2.24, 2.45) is 5.92 Å². The minimum atomic E-state index is -1.09. The quantitative estimate of drug-likeness (QED) is 0.224. The first-order chi connectivity index (χ1) is 18.0. The third-order valence-corrected chi connectivity index (χ3v) is 7.07. The third kappa shape index (κ3) is 7.14. The molecule has 0 aliphatic carbocycles. The number of nitrogens with zero attached hydrogens (tertiary/aromatic N) is 1. The highest BCUT2D eigenvalue weighted by molar-refractivity contribution is 7.14. The lowest BCUT2D eigenvalue weighted by Crippen LogP contribution is -2.12. The highest BCUT2D eigenvalue weighted by Gasteiger charge is 2.22. The number of anilines is 1. The van der Waals surface area contributed by atoms with E-state index in [1.807, 2.05) is 30.5 Å². The van der Waals surface area contributed by atoms with Crippen molar-refractivity contribution >= 4 is 57.6 Å². The second-order valence-electron chi connectivity index (χ2n) is 8.98. The maximum Gasteiger partial charge on any atom is 0.331 e. The van der Waals surface area contributed by atoms with Gasteiger partial charge in [0, 0.05) is 39.8 Å². The number of ether oxygens (including phenoxy) is 2. The van der Waals surface area contributed by atoms with E-state index in [-0.39, 0.29) is 27.3 Å². The van der Waals surface area contributed by atoms with Gasteiger partial charge in [0.1, 0.15) is 5.75 Å². The molecule has 2 aromatic carbocycles. The Labute approximate surface area is 236 Å². The van der Waals surface area contributed by atoms with Gasteiger partial charge >= 0.3 is 5.97 Å². The first-order valence-corrected chi connectivity index (χ1v) is 13.7. The number of benzene rings is 2. The lowest BCUT2D eigenvalue weighted by atomic mass is 9.96. The summed E-state index contributed by atoms with van der Waals surface area (Å²) in [5, 5.41) is 14.4. The van der Waals surface area contributed by atoms with Gasteiger partial charge in [-0.2, -0.15) is 0 Å². The fraction of sp³-hybridized carbons (Fsp3) is 0.321. The maximum absolute atomic E-state index is 12.9. The smallest absolute Gasteiger partial charge is 0.331 e. The number of nitrogens with one attached hydrogen (secondary N) is 1. The largest absolute Gasteiger partial charge is 0.496 e. The monoisotopic (exact) mass is 576 g/mol. The predicted octanol–water partition coefficient (Wildman–Crippen LogP) is 7.99. The highest BCUT2D eigenvalue weighted by atomic mass is 35.5. The van der Waals surface area contributed by atoms with E-state index >= 15 is 0 Å². The van der Waals surface area contributed by atoms with Crippen molar-refractivity contribution in [3.05, 3.63) is 68.0 Å². The van der Waals surface area contributed by atoms with Crippen molar-refractivity contribution in [2.45, 2.75) is 40.2 Å². The summed E-state index contributed by atoms with van der Waals surface area (Å²) in [6.45, 7) is 8.30. The number of carbonyl (C=O) groups excluding carboxylic acids is 1. The van der Waals surface area contributed by atoms with Crippen molar-refractivity contribution < 1.29 is 24.2 Å². The van der Waals surface area contributed by atoms with Crippen LogP contribution >= 0.6 is 34.5 Å². The Morgan fingerprint density at radius 1 is 1.21 bits per heavy atom. The zero-order valence-electron chi connectivity index (χ0n) is 21.8. The van der Waals surface area contributed by atoms with Crippen LogP contribution in [0.15, 0.2) is 41.3 Å². The van der Waals surface area contributed by atoms with E-state index in [4.69, 9.17) is 37.8 Å². The van der Waals surface area contributed by atoms with Gasteiger partial charge in [-0.25, -0.2) is 9.78 Å². The van der Waals surface area contributed by atoms with Gasteiger partial charge in [0.05, 0.1) is 29.0 Å². The molecule has 3 aromatic rings. The van der Waals surface area contributed by atoms with Crippen molar-refractivity contribution in [2.75, 3.05) is 19.0 Å². The number of hydrogen-bond acceptors (Lipinski definition) is 6. The number of carboxylic acids is 1. The molecule has 0 aliphatic rings. The van der Waals surface area contributed by atoms with E-state index in [9.17, 15) is 9.59 Å². The molecule has 202 valence electrons. The second kappa shape index (κ2) is 13.2. The van der Waals surface area contributed by atoms with Gasteiger partial charge in [-0.1, -0.05) is 49.2 Å². The molecule has 7 nitrogen and oxygen atoms in total. The molecule has 3 rings (SSSR count). The molecule has 0 fully saturated rings. The van der Waals surface area contributed by atoms with Gasteiger partial charge in [-0.3, -0.25) is 10.1 Å². The summed E-state index contributed by atoms with van der Waals surface area (Å²) in [7, 11) is 1.63. The van der Waals surface area contributed by atoms with Crippen LogP contribution in [0.5, 0.6) is 5.75 Å².